The number of phenols is 1. The minimum absolute atomic E-state index is 0.313. The van der Waals surface area contributed by atoms with E-state index in [-0.39, 0.29) is 5.56 Å². The van der Waals surface area contributed by atoms with Crippen LogP contribution in [-0.4, -0.2) is 17.3 Å². The smallest absolute Gasteiger partial charge is 0.504 e. The molecular weight excluding hydrogens is 213 g/mol. The van der Waals surface area contributed by atoms with Crippen LogP contribution < -0.4 is 4.74 Å². The second-order valence-electron chi connectivity index (χ2n) is 2.76. The Labute approximate surface area is 83.1 Å². The molecule has 0 aromatic heterocycles. The summed E-state index contributed by atoms with van der Waals surface area (Å²) in [4.78, 5) is 10.9. The van der Waals surface area contributed by atoms with Gasteiger partial charge in [0.1, 0.15) is 0 Å². The topological polar surface area (TPSA) is 46.5 Å². The highest BCUT2D eigenvalue weighted by Crippen LogP contribution is 2.34. The van der Waals surface area contributed by atoms with E-state index in [2.05, 4.69) is 4.74 Å². The summed E-state index contributed by atoms with van der Waals surface area (Å²) in [6.45, 7) is 1.08. The molecule has 0 fully saturated rings. The van der Waals surface area contributed by atoms with E-state index in [0.717, 1.165) is 19.1 Å². The second-order valence-corrected chi connectivity index (χ2v) is 2.76. The van der Waals surface area contributed by atoms with E-state index in [4.69, 9.17) is 5.11 Å². The monoisotopic (exact) mass is 220 g/mol. The van der Waals surface area contributed by atoms with Crippen LogP contribution in [0.15, 0.2) is 18.2 Å². The predicted molar refractivity (Wildman–Crippen MR) is 44.8 cm³/mol. The van der Waals surface area contributed by atoms with Crippen LogP contribution in [-0.2, 0) is 0 Å². The molecule has 1 N–H and O–H groups in total. The van der Waals surface area contributed by atoms with Gasteiger partial charge in [-0.05, 0) is 19.1 Å². The van der Waals surface area contributed by atoms with Gasteiger partial charge in [0.25, 0.3) is 0 Å². The van der Waals surface area contributed by atoms with Crippen molar-refractivity contribution in [3.63, 3.8) is 0 Å². The Hall–Kier alpha value is -1.72. The maximum atomic E-state index is 11.9. The summed E-state index contributed by atoms with van der Waals surface area (Å²) >= 11 is 0. The fourth-order valence-electron chi connectivity index (χ4n) is 1.03. The van der Waals surface area contributed by atoms with Gasteiger partial charge < -0.3 is 9.84 Å². The van der Waals surface area contributed by atoms with Crippen LogP contribution in [0.2, 0.25) is 0 Å². The molecule has 1 rings (SSSR count). The van der Waals surface area contributed by atoms with Gasteiger partial charge in [0, 0.05) is 0 Å². The summed E-state index contributed by atoms with van der Waals surface area (Å²) < 4.78 is 39.3. The number of benzene rings is 1. The van der Waals surface area contributed by atoms with Crippen molar-refractivity contribution in [2.75, 3.05) is 0 Å². The molecule has 6 heteroatoms. The third-order valence-electron chi connectivity index (χ3n) is 1.59. The van der Waals surface area contributed by atoms with Crippen LogP contribution in [0.25, 0.3) is 0 Å². The molecule has 0 aliphatic heterocycles. The molecule has 15 heavy (non-hydrogen) atoms. The first kappa shape index (κ1) is 11.4. The number of aromatic hydroxyl groups is 1. The highest BCUT2D eigenvalue weighted by atomic mass is 19.4. The zero-order valence-electron chi connectivity index (χ0n) is 7.63. The number of halogens is 3. The van der Waals surface area contributed by atoms with Crippen LogP contribution in [0.5, 0.6) is 11.5 Å². The van der Waals surface area contributed by atoms with Crippen molar-refractivity contribution in [3.8, 4) is 11.5 Å². The lowest BCUT2D eigenvalue weighted by atomic mass is 10.1. The first-order valence-corrected chi connectivity index (χ1v) is 3.90. The molecule has 0 aliphatic carbocycles. The number of alkyl halides is 3. The average molecular weight is 220 g/mol. The van der Waals surface area contributed by atoms with Crippen molar-refractivity contribution < 1.29 is 27.8 Å². The SMILES string of the molecule is CC(=O)c1cccc(O)c1OC(F)(F)F. The normalized spacial score (nSPS) is 11.2. The summed E-state index contributed by atoms with van der Waals surface area (Å²) in [6, 6.07) is 3.41. The molecule has 0 saturated heterocycles. The van der Waals surface area contributed by atoms with Gasteiger partial charge in [-0.3, -0.25) is 4.79 Å². The average Bonchev–Trinajstić information content (AvgIpc) is 2.05. The third-order valence-corrected chi connectivity index (χ3v) is 1.59. The standard InChI is InChI=1S/C9H7F3O3/c1-5(13)6-3-2-4-7(14)8(6)15-9(10,11)12/h2-4,14H,1H3. The molecule has 0 saturated carbocycles. The first-order chi connectivity index (χ1) is 6.81. The summed E-state index contributed by atoms with van der Waals surface area (Å²) in [5.74, 6) is -2.21. The molecule has 1 aromatic rings. The number of para-hydroxylation sites is 1. The Kier molecular flexibility index (Phi) is 2.88. The van der Waals surface area contributed by atoms with Crippen LogP contribution in [0.3, 0.4) is 0 Å². The van der Waals surface area contributed by atoms with Crippen LogP contribution in [0.4, 0.5) is 13.2 Å². The van der Waals surface area contributed by atoms with Crippen LogP contribution in [0.1, 0.15) is 17.3 Å². The van der Waals surface area contributed by atoms with E-state index in [1.54, 1.807) is 0 Å². The van der Waals surface area contributed by atoms with Crippen molar-refractivity contribution in [1.82, 2.24) is 0 Å². The summed E-state index contributed by atoms with van der Waals surface area (Å²) in [5, 5.41) is 9.13. The molecule has 0 atom stereocenters. The number of phenolic OH excluding ortho intramolecular Hbond substituents is 1. The lowest BCUT2D eigenvalue weighted by Crippen LogP contribution is -2.18. The number of Topliss-reactive ketones (excluding diaryl/α,β-unsaturated/α-hetero) is 1. The van der Waals surface area contributed by atoms with Gasteiger partial charge >= 0.3 is 6.36 Å². The van der Waals surface area contributed by atoms with Crippen LogP contribution >= 0.6 is 0 Å². The minimum atomic E-state index is -4.94. The molecule has 82 valence electrons. The molecule has 0 radical (unpaired) electrons. The maximum Gasteiger partial charge on any atom is 0.573 e. The van der Waals surface area contributed by atoms with Crippen molar-refractivity contribution in [3.05, 3.63) is 23.8 Å². The fourth-order valence-corrected chi connectivity index (χ4v) is 1.03. The zero-order valence-corrected chi connectivity index (χ0v) is 7.63. The van der Waals surface area contributed by atoms with Gasteiger partial charge in [0.2, 0.25) is 0 Å². The fraction of sp³-hybridized carbons (Fsp3) is 0.222. The second kappa shape index (κ2) is 3.80. The largest absolute Gasteiger partial charge is 0.573 e. The van der Waals surface area contributed by atoms with E-state index in [1.807, 2.05) is 0 Å². The molecule has 1 aromatic carbocycles. The Morgan fingerprint density at radius 1 is 1.40 bits per heavy atom. The van der Waals surface area contributed by atoms with E-state index in [9.17, 15) is 18.0 Å². The Morgan fingerprint density at radius 2 is 2.00 bits per heavy atom. The highest BCUT2D eigenvalue weighted by molar-refractivity contribution is 5.97. The van der Waals surface area contributed by atoms with Crippen molar-refractivity contribution in [2.24, 2.45) is 0 Å². The molecule has 3 nitrogen and oxygen atoms in total. The Bertz CT molecular complexity index is 385. The molecule has 0 heterocycles. The van der Waals surface area contributed by atoms with Gasteiger partial charge in [-0.25, -0.2) is 0 Å². The summed E-state index contributed by atoms with van der Waals surface area (Å²) in [7, 11) is 0. The van der Waals surface area contributed by atoms with Crippen molar-refractivity contribution in [2.45, 2.75) is 13.3 Å². The Morgan fingerprint density at radius 3 is 2.47 bits per heavy atom. The summed E-state index contributed by atoms with van der Waals surface area (Å²) in [6.07, 6.45) is -4.94. The van der Waals surface area contributed by atoms with E-state index in [0.29, 0.717) is 0 Å². The lowest BCUT2D eigenvalue weighted by molar-refractivity contribution is -0.275. The zero-order chi connectivity index (χ0) is 11.6. The minimum Gasteiger partial charge on any atom is -0.504 e. The number of ether oxygens (including phenoxy) is 1. The van der Waals surface area contributed by atoms with Gasteiger partial charge in [-0.15, -0.1) is 13.2 Å². The van der Waals surface area contributed by atoms with Crippen LogP contribution in [0, 0.1) is 0 Å². The van der Waals surface area contributed by atoms with Gasteiger partial charge in [-0.1, -0.05) is 6.07 Å². The molecule has 0 unspecified atom stereocenters. The molecular formula is C9H7F3O3. The molecule has 0 amide bonds. The van der Waals surface area contributed by atoms with E-state index >= 15 is 0 Å². The van der Waals surface area contributed by atoms with Gasteiger partial charge in [-0.2, -0.15) is 0 Å². The number of carbonyl (C=O) groups excluding carboxylic acids is 1. The summed E-state index contributed by atoms with van der Waals surface area (Å²) in [5.41, 5.74) is -0.313. The molecule has 0 spiro atoms. The number of hydrogen-bond acceptors (Lipinski definition) is 3. The quantitative estimate of drug-likeness (QED) is 0.779. The maximum absolute atomic E-state index is 11.9. The molecule has 0 bridgehead atoms. The Balaban J connectivity index is 3.19. The number of ketones is 1. The first-order valence-electron chi connectivity index (χ1n) is 3.90. The van der Waals surface area contributed by atoms with E-state index in [1.165, 1.54) is 6.07 Å². The third kappa shape index (κ3) is 2.87. The number of carbonyl (C=O) groups is 1. The van der Waals surface area contributed by atoms with Crippen molar-refractivity contribution >= 4 is 5.78 Å². The molecule has 0 aliphatic rings. The predicted octanol–water partition coefficient (Wildman–Crippen LogP) is 2.49. The van der Waals surface area contributed by atoms with E-state index < -0.39 is 23.6 Å². The number of hydrogen-bond donors (Lipinski definition) is 1. The van der Waals surface area contributed by atoms with Crippen molar-refractivity contribution in [1.29, 1.82) is 0 Å². The van der Waals surface area contributed by atoms with Gasteiger partial charge in [0.15, 0.2) is 17.3 Å². The number of rotatable bonds is 2. The highest BCUT2D eigenvalue weighted by Gasteiger charge is 2.33. The van der Waals surface area contributed by atoms with Gasteiger partial charge in [0.05, 0.1) is 5.56 Å². The lowest BCUT2D eigenvalue weighted by Gasteiger charge is -2.12.